The third-order valence-corrected chi connectivity index (χ3v) is 3.70. The Labute approximate surface area is 132 Å². The molecule has 1 aliphatic heterocycles. The molecule has 4 amide bonds. The van der Waals surface area contributed by atoms with Crippen molar-refractivity contribution in [3.05, 3.63) is 0 Å². The molecule has 1 saturated heterocycles. The second kappa shape index (κ2) is 8.12. The molecule has 0 aromatic rings. The lowest BCUT2D eigenvalue weighted by Crippen LogP contribution is -2.56. The average molecular weight is 312 g/mol. The highest BCUT2D eigenvalue weighted by Crippen LogP contribution is 2.09. The molecule has 1 fully saturated rings. The van der Waals surface area contributed by atoms with Gasteiger partial charge in [0, 0.05) is 38.1 Å². The Morgan fingerprint density at radius 3 is 1.91 bits per heavy atom. The number of piperazine rings is 1. The fourth-order valence-corrected chi connectivity index (χ4v) is 2.38. The maximum atomic E-state index is 12.1. The first kappa shape index (κ1) is 18.4. The number of hydrogen-bond donors (Lipinski definition) is 2. The number of rotatable bonds is 4. The van der Waals surface area contributed by atoms with E-state index in [-0.39, 0.29) is 23.8 Å². The summed E-state index contributed by atoms with van der Waals surface area (Å²) in [6.45, 7) is 11.7. The molecule has 0 radical (unpaired) electrons. The molecule has 1 atom stereocenters. The smallest absolute Gasteiger partial charge is 0.321 e. The summed E-state index contributed by atoms with van der Waals surface area (Å²) in [5, 5.41) is 4.97. The number of nitrogens with zero attached hydrogens (tertiary/aromatic N) is 2. The Balaban J connectivity index is 2.44. The molecule has 1 rings (SSSR count). The zero-order chi connectivity index (χ0) is 16.9. The molecule has 22 heavy (non-hydrogen) atoms. The summed E-state index contributed by atoms with van der Waals surface area (Å²) >= 11 is 0. The zero-order valence-electron chi connectivity index (χ0n) is 14.2. The molecule has 0 aromatic heterocycles. The average Bonchev–Trinajstić information content (AvgIpc) is 2.44. The summed E-state index contributed by atoms with van der Waals surface area (Å²) in [6, 6.07) is -0.886. The Bertz CT molecular complexity index is 415. The lowest BCUT2D eigenvalue weighted by Gasteiger charge is -2.38. The van der Waals surface area contributed by atoms with Crippen LogP contribution in [-0.2, 0) is 9.59 Å². The van der Waals surface area contributed by atoms with E-state index in [1.807, 2.05) is 37.5 Å². The molecule has 0 saturated carbocycles. The molecule has 2 N–H and O–H groups in total. The maximum absolute atomic E-state index is 12.1. The van der Waals surface area contributed by atoms with Crippen molar-refractivity contribution in [1.82, 2.24) is 20.4 Å². The van der Waals surface area contributed by atoms with Gasteiger partial charge < -0.3 is 10.2 Å². The van der Waals surface area contributed by atoms with Gasteiger partial charge in [0.25, 0.3) is 0 Å². The van der Waals surface area contributed by atoms with E-state index in [1.165, 1.54) is 0 Å². The molecule has 7 nitrogen and oxygen atoms in total. The molecular formula is C15H28N4O3. The number of carbonyl (C=O) groups excluding carboxylic acids is 3. The van der Waals surface area contributed by atoms with E-state index in [0.717, 1.165) is 0 Å². The van der Waals surface area contributed by atoms with Crippen molar-refractivity contribution in [3.8, 4) is 0 Å². The van der Waals surface area contributed by atoms with Gasteiger partial charge in [0.05, 0.1) is 6.04 Å². The van der Waals surface area contributed by atoms with Crippen LogP contribution in [0.1, 0.15) is 34.6 Å². The first-order valence-electron chi connectivity index (χ1n) is 7.86. The van der Waals surface area contributed by atoms with Crippen LogP contribution >= 0.6 is 0 Å². The van der Waals surface area contributed by atoms with E-state index >= 15 is 0 Å². The highest BCUT2D eigenvalue weighted by atomic mass is 16.2. The number of hydrogen-bond acceptors (Lipinski definition) is 4. The summed E-state index contributed by atoms with van der Waals surface area (Å²) in [6.07, 6.45) is 0. The summed E-state index contributed by atoms with van der Waals surface area (Å²) in [5.41, 5.74) is 0. The van der Waals surface area contributed by atoms with E-state index in [4.69, 9.17) is 0 Å². The lowest BCUT2D eigenvalue weighted by molar-refractivity contribution is -0.137. The van der Waals surface area contributed by atoms with Crippen LogP contribution in [0.3, 0.4) is 0 Å². The molecule has 126 valence electrons. The van der Waals surface area contributed by atoms with Gasteiger partial charge in [-0.15, -0.1) is 0 Å². The van der Waals surface area contributed by atoms with Crippen LogP contribution < -0.4 is 10.6 Å². The minimum atomic E-state index is -0.472. The molecule has 1 heterocycles. The Morgan fingerprint density at radius 2 is 1.45 bits per heavy atom. The SMILES string of the molecule is CC(C)NC(=O)NC(=O)C(C)N1CCN(C(=O)C(C)C)CC1. The molecule has 0 aliphatic carbocycles. The van der Waals surface area contributed by atoms with Crippen LogP contribution in [0.4, 0.5) is 4.79 Å². The van der Waals surface area contributed by atoms with Crippen LogP contribution in [-0.4, -0.2) is 65.9 Å². The highest BCUT2D eigenvalue weighted by Gasteiger charge is 2.28. The van der Waals surface area contributed by atoms with Crippen LogP contribution in [0.2, 0.25) is 0 Å². The van der Waals surface area contributed by atoms with Crippen molar-refractivity contribution in [1.29, 1.82) is 0 Å². The quantitative estimate of drug-likeness (QED) is 0.788. The standard InChI is InChI=1S/C15H28N4O3/c1-10(2)14(21)19-8-6-18(7-9-19)12(5)13(20)17-15(22)16-11(3)4/h10-12H,6-9H2,1-5H3,(H2,16,17,20,22). The minimum absolute atomic E-state index is 0.00741. The van der Waals surface area contributed by atoms with Crippen LogP contribution in [0.15, 0.2) is 0 Å². The van der Waals surface area contributed by atoms with Crippen molar-refractivity contribution < 1.29 is 14.4 Å². The van der Waals surface area contributed by atoms with Gasteiger partial charge in [-0.2, -0.15) is 0 Å². The van der Waals surface area contributed by atoms with Gasteiger partial charge in [0.2, 0.25) is 11.8 Å². The Kier molecular flexibility index (Phi) is 6.80. The molecule has 0 bridgehead atoms. The molecule has 1 aliphatic rings. The maximum Gasteiger partial charge on any atom is 0.321 e. The van der Waals surface area contributed by atoms with Gasteiger partial charge >= 0.3 is 6.03 Å². The normalized spacial score (nSPS) is 17.5. The summed E-state index contributed by atoms with van der Waals surface area (Å²) in [7, 11) is 0. The van der Waals surface area contributed by atoms with Gasteiger partial charge in [-0.1, -0.05) is 13.8 Å². The van der Waals surface area contributed by atoms with Crippen molar-refractivity contribution in [2.24, 2.45) is 5.92 Å². The predicted molar refractivity (Wildman–Crippen MR) is 84.3 cm³/mol. The highest BCUT2D eigenvalue weighted by molar-refractivity contribution is 5.96. The van der Waals surface area contributed by atoms with Gasteiger partial charge in [-0.05, 0) is 20.8 Å². The van der Waals surface area contributed by atoms with Crippen molar-refractivity contribution >= 4 is 17.8 Å². The van der Waals surface area contributed by atoms with E-state index in [2.05, 4.69) is 10.6 Å². The van der Waals surface area contributed by atoms with Gasteiger partial charge in [-0.25, -0.2) is 4.79 Å². The number of nitrogens with one attached hydrogen (secondary N) is 2. The molecule has 0 spiro atoms. The Hall–Kier alpha value is -1.63. The molecule has 0 aromatic carbocycles. The second-order valence-corrected chi connectivity index (χ2v) is 6.31. The minimum Gasteiger partial charge on any atom is -0.340 e. The van der Waals surface area contributed by atoms with Crippen LogP contribution in [0, 0.1) is 5.92 Å². The van der Waals surface area contributed by atoms with E-state index in [0.29, 0.717) is 26.2 Å². The number of amides is 4. The van der Waals surface area contributed by atoms with Crippen LogP contribution in [0.5, 0.6) is 0 Å². The third kappa shape index (κ3) is 5.29. The fraction of sp³-hybridized carbons (Fsp3) is 0.800. The molecule has 7 heteroatoms. The molecule has 1 unspecified atom stereocenters. The third-order valence-electron chi connectivity index (χ3n) is 3.70. The topological polar surface area (TPSA) is 81.8 Å². The largest absolute Gasteiger partial charge is 0.340 e. The number of imide groups is 1. The van der Waals surface area contributed by atoms with Gasteiger partial charge in [0.1, 0.15) is 0 Å². The van der Waals surface area contributed by atoms with Crippen molar-refractivity contribution in [3.63, 3.8) is 0 Å². The lowest BCUT2D eigenvalue weighted by atomic mass is 10.1. The summed E-state index contributed by atoms with van der Waals surface area (Å²) in [4.78, 5) is 39.4. The van der Waals surface area contributed by atoms with Gasteiger partial charge in [-0.3, -0.25) is 19.8 Å². The zero-order valence-corrected chi connectivity index (χ0v) is 14.2. The second-order valence-electron chi connectivity index (χ2n) is 6.31. The Morgan fingerprint density at radius 1 is 0.909 bits per heavy atom. The van der Waals surface area contributed by atoms with Crippen LogP contribution in [0.25, 0.3) is 0 Å². The van der Waals surface area contributed by atoms with E-state index in [9.17, 15) is 14.4 Å². The van der Waals surface area contributed by atoms with E-state index < -0.39 is 12.1 Å². The summed E-state index contributed by atoms with van der Waals surface area (Å²) in [5.74, 6) is -0.179. The summed E-state index contributed by atoms with van der Waals surface area (Å²) < 4.78 is 0. The van der Waals surface area contributed by atoms with Crippen molar-refractivity contribution in [2.75, 3.05) is 26.2 Å². The number of urea groups is 1. The number of carbonyl (C=O) groups is 3. The van der Waals surface area contributed by atoms with Gasteiger partial charge in [0.15, 0.2) is 0 Å². The monoisotopic (exact) mass is 312 g/mol. The molecular weight excluding hydrogens is 284 g/mol. The van der Waals surface area contributed by atoms with E-state index in [1.54, 1.807) is 6.92 Å². The fourth-order valence-electron chi connectivity index (χ4n) is 2.38. The predicted octanol–water partition coefficient (Wildman–Crippen LogP) is 0.409. The van der Waals surface area contributed by atoms with Crippen molar-refractivity contribution in [2.45, 2.75) is 46.7 Å². The first-order chi connectivity index (χ1) is 10.2. The first-order valence-corrected chi connectivity index (χ1v) is 7.86.